The summed E-state index contributed by atoms with van der Waals surface area (Å²) in [6, 6.07) is 18.7. The molecule has 11 heteroatoms. The van der Waals surface area contributed by atoms with Crippen molar-refractivity contribution >= 4 is 33.2 Å². The number of piperazine rings is 1. The number of carbonyl (C=O) groups is 1. The fourth-order valence-electron chi connectivity index (χ4n) is 4.18. The fraction of sp³-hybridized carbons (Fsp3) is 0.269. The van der Waals surface area contributed by atoms with Crippen molar-refractivity contribution in [1.82, 2.24) is 9.62 Å². The summed E-state index contributed by atoms with van der Waals surface area (Å²) in [6.45, 7) is 1.11. The van der Waals surface area contributed by atoms with Crippen LogP contribution in [0.15, 0.2) is 83.8 Å². The zero-order valence-electron chi connectivity index (χ0n) is 19.7. The predicted molar refractivity (Wildman–Crippen MR) is 136 cm³/mol. The van der Waals surface area contributed by atoms with Gasteiger partial charge in [0.2, 0.25) is 15.9 Å². The molecule has 1 heterocycles. The van der Waals surface area contributed by atoms with Crippen LogP contribution in [0.1, 0.15) is 11.1 Å². The van der Waals surface area contributed by atoms with Crippen LogP contribution in [0.2, 0.25) is 5.02 Å². The average Bonchev–Trinajstić information content (AvgIpc) is 2.88. The summed E-state index contributed by atoms with van der Waals surface area (Å²) in [5.74, 6) is -0.398. The smallest absolute Gasteiger partial charge is 0.368 e. The van der Waals surface area contributed by atoms with Crippen LogP contribution in [0.4, 0.5) is 18.9 Å². The highest BCUT2D eigenvalue weighted by molar-refractivity contribution is 7.89. The number of benzene rings is 3. The molecule has 3 aromatic carbocycles. The monoisotopic (exact) mass is 551 g/mol. The minimum atomic E-state index is -4.44. The molecule has 37 heavy (non-hydrogen) atoms. The van der Waals surface area contributed by atoms with Gasteiger partial charge in [-0.05, 0) is 54.4 Å². The molecule has 0 unspecified atom stereocenters. The Balaban J connectivity index is 1.49. The highest BCUT2D eigenvalue weighted by atomic mass is 35.5. The molecule has 1 saturated heterocycles. The maximum absolute atomic E-state index is 13.5. The first-order valence-electron chi connectivity index (χ1n) is 11.6. The van der Waals surface area contributed by atoms with Gasteiger partial charge in [0.1, 0.15) is 6.04 Å². The van der Waals surface area contributed by atoms with E-state index in [4.69, 9.17) is 11.6 Å². The lowest BCUT2D eigenvalue weighted by Gasteiger charge is -2.37. The van der Waals surface area contributed by atoms with Crippen molar-refractivity contribution in [2.45, 2.75) is 23.5 Å². The summed E-state index contributed by atoms with van der Waals surface area (Å²) in [4.78, 5) is 16.8. The van der Waals surface area contributed by atoms with E-state index in [1.54, 1.807) is 28.0 Å². The standard InChI is InChI=1S/C26H25ClF3N3O3S/c27-21-9-11-23(12-10-21)37(35,36)31-24(17-19-5-2-1-3-6-19)25(34)33-15-13-32(14-16-33)22-8-4-7-20(18-22)26(28,29)30/h1-12,18,24,31H,13-17H2/t24-/m1/s1. The number of hydrogen-bond acceptors (Lipinski definition) is 4. The minimum Gasteiger partial charge on any atom is -0.368 e. The lowest BCUT2D eigenvalue weighted by molar-refractivity contribution is -0.137. The van der Waals surface area contributed by atoms with Gasteiger partial charge in [0.25, 0.3) is 0 Å². The van der Waals surface area contributed by atoms with E-state index in [9.17, 15) is 26.4 Å². The molecule has 1 N–H and O–H groups in total. The van der Waals surface area contributed by atoms with Crippen molar-refractivity contribution < 1.29 is 26.4 Å². The van der Waals surface area contributed by atoms with Crippen LogP contribution < -0.4 is 9.62 Å². The number of amides is 1. The third-order valence-corrected chi connectivity index (χ3v) is 7.87. The van der Waals surface area contributed by atoms with E-state index >= 15 is 0 Å². The van der Waals surface area contributed by atoms with Gasteiger partial charge in [0.05, 0.1) is 10.5 Å². The van der Waals surface area contributed by atoms with Crippen molar-refractivity contribution in [3.05, 3.63) is 95.0 Å². The van der Waals surface area contributed by atoms with Crippen LogP contribution in [-0.4, -0.2) is 51.4 Å². The number of carbonyl (C=O) groups excluding carboxylic acids is 1. The molecule has 3 aromatic rings. The Bertz CT molecular complexity index is 1330. The number of nitrogens with one attached hydrogen (secondary N) is 1. The van der Waals surface area contributed by atoms with E-state index in [0.29, 0.717) is 23.8 Å². The van der Waals surface area contributed by atoms with Gasteiger partial charge < -0.3 is 9.80 Å². The molecule has 4 rings (SSSR count). The Morgan fingerprint density at radius 2 is 1.57 bits per heavy atom. The topological polar surface area (TPSA) is 69.7 Å². The second-order valence-electron chi connectivity index (χ2n) is 8.68. The van der Waals surface area contributed by atoms with E-state index in [2.05, 4.69) is 4.72 Å². The molecule has 6 nitrogen and oxygen atoms in total. The lowest BCUT2D eigenvalue weighted by Crippen LogP contribution is -2.55. The third-order valence-electron chi connectivity index (χ3n) is 6.13. The highest BCUT2D eigenvalue weighted by Crippen LogP contribution is 2.32. The van der Waals surface area contributed by atoms with Crippen molar-refractivity contribution in [2.24, 2.45) is 0 Å². The molecule has 0 bridgehead atoms. The van der Waals surface area contributed by atoms with Crippen LogP contribution >= 0.6 is 11.6 Å². The van der Waals surface area contributed by atoms with Crippen molar-refractivity contribution in [3.63, 3.8) is 0 Å². The van der Waals surface area contributed by atoms with E-state index in [-0.39, 0.29) is 24.4 Å². The van der Waals surface area contributed by atoms with Crippen LogP contribution in [0, 0.1) is 0 Å². The Morgan fingerprint density at radius 3 is 2.19 bits per heavy atom. The van der Waals surface area contributed by atoms with Gasteiger partial charge in [-0.2, -0.15) is 17.9 Å². The maximum atomic E-state index is 13.5. The zero-order valence-corrected chi connectivity index (χ0v) is 21.2. The first kappa shape index (κ1) is 27.0. The Hall–Kier alpha value is -3.08. The number of rotatable bonds is 7. The SMILES string of the molecule is O=C([C@@H](Cc1ccccc1)NS(=O)(=O)c1ccc(Cl)cc1)N1CCN(c2cccc(C(F)(F)F)c2)CC1. The van der Waals surface area contributed by atoms with Crippen molar-refractivity contribution in [2.75, 3.05) is 31.1 Å². The number of halogens is 4. The molecule has 1 fully saturated rings. The minimum absolute atomic E-state index is 0.0165. The largest absolute Gasteiger partial charge is 0.416 e. The molecule has 0 saturated carbocycles. The highest BCUT2D eigenvalue weighted by Gasteiger charge is 2.33. The van der Waals surface area contributed by atoms with Gasteiger partial charge in [-0.15, -0.1) is 0 Å². The number of hydrogen-bond donors (Lipinski definition) is 1. The number of nitrogens with zero attached hydrogens (tertiary/aromatic N) is 2. The molecular formula is C26H25ClF3N3O3S. The molecule has 0 radical (unpaired) electrons. The Kier molecular flexibility index (Phi) is 8.11. The van der Waals surface area contributed by atoms with E-state index in [1.807, 2.05) is 18.2 Å². The van der Waals surface area contributed by atoms with E-state index in [1.165, 1.54) is 30.3 Å². The van der Waals surface area contributed by atoms with Crippen LogP contribution in [-0.2, 0) is 27.4 Å². The summed E-state index contributed by atoms with van der Waals surface area (Å²) >= 11 is 5.88. The molecular weight excluding hydrogens is 527 g/mol. The van der Waals surface area contributed by atoms with E-state index < -0.39 is 33.7 Å². The van der Waals surface area contributed by atoms with Crippen LogP contribution in [0.3, 0.4) is 0 Å². The summed E-state index contributed by atoms with van der Waals surface area (Å²) in [5, 5.41) is 0.384. The Labute approximate surface area is 218 Å². The van der Waals surface area contributed by atoms with Crippen molar-refractivity contribution in [1.29, 1.82) is 0 Å². The van der Waals surface area contributed by atoms with Gasteiger partial charge in [-0.1, -0.05) is 48.0 Å². The normalized spacial score (nSPS) is 15.5. The summed E-state index contributed by atoms with van der Waals surface area (Å²) < 4.78 is 68.0. The average molecular weight is 552 g/mol. The first-order chi connectivity index (χ1) is 17.5. The molecule has 1 atom stereocenters. The number of alkyl halides is 3. The summed E-state index contributed by atoms with van der Waals surface area (Å²) in [5.41, 5.74) is 0.469. The second kappa shape index (κ2) is 11.1. The number of anilines is 1. The quantitative estimate of drug-likeness (QED) is 0.466. The van der Waals surface area contributed by atoms with Crippen molar-refractivity contribution in [3.8, 4) is 0 Å². The zero-order chi connectivity index (χ0) is 26.6. The maximum Gasteiger partial charge on any atom is 0.416 e. The lowest BCUT2D eigenvalue weighted by atomic mass is 10.1. The summed E-state index contributed by atoms with van der Waals surface area (Å²) in [7, 11) is -4.03. The Morgan fingerprint density at radius 1 is 0.919 bits per heavy atom. The molecule has 1 aliphatic heterocycles. The van der Waals surface area contributed by atoms with Gasteiger partial charge >= 0.3 is 6.18 Å². The molecule has 0 aliphatic carbocycles. The fourth-order valence-corrected chi connectivity index (χ4v) is 5.50. The predicted octanol–water partition coefficient (Wildman–Crippen LogP) is 4.60. The van der Waals surface area contributed by atoms with Crippen LogP contribution in [0.25, 0.3) is 0 Å². The molecule has 0 aromatic heterocycles. The molecule has 196 valence electrons. The van der Waals surface area contributed by atoms with E-state index in [0.717, 1.165) is 17.7 Å². The summed E-state index contributed by atoms with van der Waals surface area (Å²) in [6.07, 6.45) is -4.31. The van der Waals surface area contributed by atoms with Crippen LogP contribution in [0.5, 0.6) is 0 Å². The van der Waals surface area contributed by atoms with Gasteiger partial charge in [0.15, 0.2) is 0 Å². The molecule has 1 amide bonds. The number of sulfonamides is 1. The van der Waals surface area contributed by atoms with Gasteiger partial charge in [-0.3, -0.25) is 4.79 Å². The molecule has 0 spiro atoms. The van der Waals surface area contributed by atoms with Gasteiger partial charge in [0, 0.05) is 36.9 Å². The molecule has 1 aliphatic rings. The second-order valence-corrected chi connectivity index (χ2v) is 10.8. The third kappa shape index (κ3) is 6.82. The van der Waals surface area contributed by atoms with Gasteiger partial charge in [-0.25, -0.2) is 8.42 Å². The first-order valence-corrected chi connectivity index (χ1v) is 13.4.